The second kappa shape index (κ2) is 6.69. The molecule has 112 valence electrons. The van der Waals surface area contributed by atoms with Gasteiger partial charge in [-0.1, -0.05) is 6.92 Å². The predicted octanol–water partition coefficient (Wildman–Crippen LogP) is -1.45. The Balaban J connectivity index is 2.04. The summed E-state index contributed by atoms with van der Waals surface area (Å²) < 4.78 is 0. The molecule has 0 aromatic rings. The van der Waals surface area contributed by atoms with Gasteiger partial charge in [0.15, 0.2) is 0 Å². The van der Waals surface area contributed by atoms with Gasteiger partial charge in [-0.2, -0.15) is 0 Å². The first-order valence-electron chi connectivity index (χ1n) is 7.23. The number of carbonyl (C=O) groups is 3. The summed E-state index contributed by atoms with van der Waals surface area (Å²) in [4.78, 5) is 39.4. The van der Waals surface area contributed by atoms with Gasteiger partial charge in [0.25, 0.3) is 0 Å². The van der Waals surface area contributed by atoms with Gasteiger partial charge >= 0.3 is 11.8 Å². The minimum Gasteiger partial charge on any atom is -0.353 e. The molecule has 0 spiro atoms. The molecule has 0 aromatic heterocycles. The average Bonchev–Trinajstić information content (AvgIpc) is 2.74. The third kappa shape index (κ3) is 3.09. The van der Waals surface area contributed by atoms with E-state index in [1.54, 1.807) is 4.90 Å². The zero-order valence-electron chi connectivity index (χ0n) is 11.9. The van der Waals surface area contributed by atoms with Gasteiger partial charge in [0.05, 0.1) is 0 Å². The van der Waals surface area contributed by atoms with E-state index in [1.165, 1.54) is 4.90 Å². The minimum atomic E-state index is -0.548. The van der Waals surface area contributed by atoms with Crippen LogP contribution < -0.4 is 10.6 Å². The van der Waals surface area contributed by atoms with Crippen LogP contribution in [0, 0.1) is 0 Å². The third-order valence-electron chi connectivity index (χ3n) is 3.79. The Bertz CT molecular complexity index is 391. The zero-order valence-corrected chi connectivity index (χ0v) is 11.9. The van der Waals surface area contributed by atoms with Crippen LogP contribution in [-0.2, 0) is 14.4 Å². The molecule has 0 radical (unpaired) electrons. The number of carbonyl (C=O) groups excluding carboxylic acids is 3. The lowest BCUT2D eigenvalue weighted by atomic mass is 10.1. The summed E-state index contributed by atoms with van der Waals surface area (Å²) in [6.07, 6.45) is 1.36. The summed E-state index contributed by atoms with van der Waals surface area (Å²) in [6, 6.07) is -0.523. The van der Waals surface area contributed by atoms with Gasteiger partial charge in [-0.15, -0.1) is 0 Å². The summed E-state index contributed by atoms with van der Waals surface area (Å²) in [5.74, 6) is -1.20. The molecule has 2 aliphatic heterocycles. The molecule has 2 rings (SSSR count). The van der Waals surface area contributed by atoms with Gasteiger partial charge in [-0.05, 0) is 19.4 Å². The summed E-state index contributed by atoms with van der Waals surface area (Å²) in [7, 11) is 0. The fourth-order valence-electron chi connectivity index (χ4n) is 2.67. The van der Waals surface area contributed by atoms with E-state index in [0.717, 1.165) is 13.0 Å². The quantitative estimate of drug-likeness (QED) is 0.576. The topological polar surface area (TPSA) is 81.8 Å². The van der Waals surface area contributed by atoms with Gasteiger partial charge in [-0.3, -0.25) is 14.4 Å². The van der Waals surface area contributed by atoms with Crippen LogP contribution in [0.5, 0.6) is 0 Å². The maximum atomic E-state index is 12.4. The normalized spacial score (nSPS) is 24.1. The largest absolute Gasteiger partial charge is 0.353 e. The molecule has 7 nitrogen and oxygen atoms in total. The molecule has 0 bridgehead atoms. The Hall–Kier alpha value is -1.63. The van der Waals surface area contributed by atoms with Crippen molar-refractivity contribution in [2.45, 2.75) is 25.8 Å². The molecule has 2 fully saturated rings. The maximum Gasteiger partial charge on any atom is 0.312 e. The molecule has 1 unspecified atom stereocenters. The molecule has 3 amide bonds. The van der Waals surface area contributed by atoms with Crippen molar-refractivity contribution in [3.63, 3.8) is 0 Å². The fourth-order valence-corrected chi connectivity index (χ4v) is 2.67. The van der Waals surface area contributed by atoms with Crippen LogP contribution in [0.15, 0.2) is 0 Å². The molecule has 7 heteroatoms. The van der Waals surface area contributed by atoms with Crippen molar-refractivity contribution in [1.29, 1.82) is 0 Å². The van der Waals surface area contributed by atoms with Crippen molar-refractivity contribution >= 4 is 17.7 Å². The average molecular weight is 282 g/mol. The summed E-state index contributed by atoms with van der Waals surface area (Å²) in [5.41, 5.74) is 0. The molecular formula is C13H22N4O3. The molecule has 1 atom stereocenters. The van der Waals surface area contributed by atoms with Crippen LogP contribution in [-0.4, -0.2) is 72.8 Å². The number of hydrogen-bond acceptors (Lipinski definition) is 4. The number of nitrogens with one attached hydrogen (secondary N) is 2. The monoisotopic (exact) mass is 282 g/mol. The Morgan fingerprint density at radius 2 is 1.95 bits per heavy atom. The highest BCUT2D eigenvalue weighted by Gasteiger charge is 2.36. The van der Waals surface area contributed by atoms with Crippen molar-refractivity contribution in [1.82, 2.24) is 20.4 Å². The molecule has 2 heterocycles. The number of piperazine rings is 1. The van der Waals surface area contributed by atoms with E-state index in [-0.39, 0.29) is 5.91 Å². The molecular weight excluding hydrogens is 260 g/mol. The van der Waals surface area contributed by atoms with Crippen molar-refractivity contribution in [3.05, 3.63) is 0 Å². The minimum absolute atomic E-state index is 0.169. The van der Waals surface area contributed by atoms with E-state index in [4.69, 9.17) is 0 Å². The van der Waals surface area contributed by atoms with Crippen LogP contribution in [0.3, 0.4) is 0 Å². The predicted molar refractivity (Wildman–Crippen MR) is 72.9 cm³/mol. The Morgan fingerprint density at radius 3 is 2.70 bits per heavy atom. The second-order valence-corrected chi connectivity index (χ2v) is 5.11. The van der Waals surface area contributed by atoms with E-state index < -0.39 is 17.9 Å². The number of hydrogen-bond donors (Lipinski definition) is 2. The molecule has 0 aromatic carbocycles. The molecule has 2 aliphatic rings. The molecule has 0 aliphatic carbocycles. The second-order valence-electron chi connectivity index (χ2n) is 5.11. The van der Waals surface area contributed by atoms with Crippen LogP contribution in [0.4, 0.5) is 0 Å². The Kier molecular flexibility index (Phi) is 4.94. The first kappa shape index (κ1) is 14.8. The van der Waals surface area contributed by atoms with Gasteiger partial charge < -0.3 is 20.4 Å². The van der Waals surface area contributed by atoms with Crippen molar-refractivity contribution in [2.24, 2.45) is 0 Å². The molecule has 0 saturated carbocycles. The summed E-state index contributed by atoms with van der Waals surface area (Å²) in [5, 5.41) is 5.92. The Labute approximate surface area is 118 Å². The highest BCUT2D eigenvalue weighted by atomic mass is 16.2. The maximum absolute atomic E-state index is 12.4. The zero-order chi connectivity index (χ0) is 14.5. The van der Waals surface area contributed by atoms with E-state index >= 15 is 0 Å². The van der Waals surface area contributed by atoms with Crippen molar-refractivity contribution in [3.8, 4) is 0 Å². The van der Waals surface area contributed by atoms with Gasteiger partial charge in [0.2, 0.25) is 5.91 Å². The molecule has 2 saturated heterocycles. The summed E-state index contributed by atoms with van der Waals surface area (Å²) in [6.45, 7) is 5.36. The highest BCUT2D eigenvalue weighted by molar-refractivity contribution is 6.35. The van der Waals surface area contributed by atoms with Gasteiger partial charge in [-0.25, -0.2) is 0 Å². The van der Waals surface area contributed by atoms with Crippen molar-refractivity contribution < 1.29 is 14.4 Å². The van der Waals surface area contributed by atoms with E-state index in [1.807, 2.05) is 6.92 Å². The summed E-state index contributed by atoms with van der Waals surface area (Å²) >= 11 is 0. The fraction of sp³-hybridized carbons (Fsp3) is 0.769. The lowest BCUT2D eigenvalue weighted by molar-refractivity contribution is -0.156. The van der Waals surface area contributed by atoms with Crippen LogP contribution >= 0.6 is 0 Å². The van der Waals surface area contributed by atoms with Gasteiger partial charge in [0.1, 0.15) is 6.04 Å². The van der Waals surface area contributed by atoms with Crippen LogP contribution in [0.1, 0.15) is 19.8 Å². The van der Waals surface area contributed by atoms with Gasteiger partial charge in [0, 0.05) is 32.7 Å². The first-order chi connectivity index (χ1) is 9.65. The number of amides is 3. The molecule has 2 N–H and O–H groups in total. The first-order valence-corrected chi connectivity index (χ1v) is 7.23. The highest BCUT2D eigenvalue weighted by Crippen LogP contribution is 2.10. The van der Waals surface area contributed by atoms with Crippen LogP contribution in [0.2, 0.25) is 0 Å². The SMILES string of the molecule is CCC1C(=O)NCCN1C(=O)C(=O)N1CCCNCC1. The smallest absolute Gasteiger partial charge is 0.312 e. The molecule has 20 heavy (non-hydrogen) atoms. The number of nitrogens with zero attached hydrogens (tertiary/aromatic N) is 2. The Morgan fingerprint density at radius 1 is 1.15 bits per heavy atom. The third-order valence-corrected chi connectivity index (χ3v) is 3.79. The number of rotatable bonds is 1. The van der Waals surface area contributed by atoms with E-state index in [2.05, 4.69) is 10.6 Å². The van der Waals surface area contributed by atoms with Crippen LogP contribution in [0.25, 0.3) is 0 Å². The van der Waals surface area contributed by atoms with E-state index in [0.29, 0.717) is 39.1 Å². The van der Waals surface area contributed by atoms with Crippen molar-refractivity contribution in [2.75, 3.05) is 39.3 Å². The lowest BCUT2D eigenvalue weighted by Crippen LogP contribution is -2.60. The van der Waals surface area contributed by atoms with E-state index in [9.17, 15) is 14.4 Å². The lowest BCUT2D eigenvalue weighted by Gasteiger charge is -2.35. The standard InChI is InChI=1S/C13H22N4O3/c1-2-10-11(18)15-6-9-17(10)13(20)12(19)16-7-3-4-14-5-8-16/h10,14H,2-9H2,1H3,(H,15,18).